The molecule has 1 heterocycles. The van der Waals surface area contributed by atoms with Crippen LogP contribution in [0.4, 0.5) is 11.4 Å². The molecule has 2 aromatic rings. The number of aryl methyl sites for hydroxylation is 1. The first-order valence-corrected chi connectivity index (χ1v) is 8.17. The quantitative estimate of drug-likeness (QED) is 0.812. The van der Waals surface area contributed by atoms with Gasteiger partial charge in [0.05, 0.1) is 0 Å². The van der Waals surface area contributed by atoms with Crippen LogP contribution >= 0.6 is 15.9 Å². The number of likely N-dealkylation sites (N-methyl/N-ethyl adjacent to an activating group) is 1. The summed E-state index contributed by atoms with van der Waals surface area (Å²) < 4.78 is 1.04. The lowest BCUT2D eigenvalue weighted by Gasteiger charge is -2.11. The third-order valence-electron chi connectivity index (χ3n) is 3.30. The van der Waals surface area contributed by atoms with Crippen molar-refractivity contribution in [2.24, 2.45) is 0 Å². The lowest BCUT2D eigenvalue weighted by molar-refractivity contribution is 0.0946. The molecular weight excluding hydrogens is 356 g/mol. The van der Waals surface area contributed by atoms with E-state index in [1.54, 1.807) is 12.3 Å². The first-order chi connectivity index (χ1) is 11.0. The van der Waals surface area contributed by atoms with Crippen LogP contribution in [0.1, 0.15) is 16.1 Å². The minimum atomic E-state index is -0.166. The van der Waals surface area contributed by atoms with Gasteiger partial charge in [-0.3, -0.25) is 9.78 Å². The van der Waals surface area contributed by atoms with E-state index in [-0.39, 0.29) is 5.91 Å². The summed E-state index contributed by atoms with van der Waals surface area (Å²) in [4.78, 5) is 18.3. The summed E-state index contributed by atoms with van der Waals surface area (Å²) in [5.74, 6) is -0.166. The van der Waals surface area contributed by atoms with Gasteiger partial charge in [-0.15, -0.1) is 0 Å². The topological polar surface area (TPSA) is 57.3 Å². The minimum Gasteiger partial charge on any atom is -0.355 e. The molecule has 0 bridgehead atoms. The summed E-state index contributed by atoms with van der Waals surface area (Å²) in [5, 5.41) is 6.14. The molecule has 0 unspecified atom stereocenters. The molecule has 0 aliphatic carbocycles. The predicted octanol–water partition coefficient (Wildman–Crippen LogP) is 3.19. The number of nitrogens with one attached hydrogen (secondary N) is 2. The summed E-state index contributed by atoms with van der Waals surface area (Å²) in [6.45, 7) is 3.42. The van der Waals surface area contributed by atoms with Gasteiger partial charge in [-0.25, -0.2) is 0 Å². The summed E-state index contributed by atoms with van der Waals surface area (Å²) in [6, 6.07) is 9.62. The Kier molecular flexibility index (Phi) is 6.12. The fraction of sp³-hybridized carbons (Fsp3) is 0.294. The zero-order valence-electron chi connectivity index (χ0n) is 13.6. The Morgan fingerprint density at radius 2 is 1.96 bits per heavy atom. The number of amides is 1. The Labute approximate surface area is 145 Å². The maximum atomic E-state index is 12.1. The predicted molar refractivity (Wildman–Crippen MR) is 97.3 cm³/mol. The van der Waals surface area contributed by atoms with Gasteiger partial charge in [-0.1, -0.05) is 22.0 Å². The maximum absolute atomic E-state index is 12.1. The molecule has 1 aromatic heterocycles. The van der Waals surface area contributed by atoms with Crippen LogP contribution in [0, 0.1) is 6.92 Å². The molecule has 2 rings (SSSR count). The van der Waals surface area contributed by atoms with Crippen LogP contribution in [0.25, 0.3) is 0 Å². The second-order valence-electron chi connectivity index (χ2n) is 5.58. The second-order valence-corrected chi connectivity index (χ2v) is 6.43. The summed E-state index contributed by atoms with van der Waals surface area (Å²) in [7, 11) is 3.93. The van der Waals surface area contributed by atoms with Gasteiger partial charge in [-0.05, 0) is 50.8 Å². The van der Waals surface area contributed by atoms with Crippen LogP contribution in [0.15, 0.2) is 41.0 Å². The van der Waals surface area contributed by atoms with Gasteiger partial charge in [0.25, 0.3) is 5.91 Å². The van der Waals surface area contributed by atoms with Crippen LogP contribution in [-0.2, 0) is 0 Å². The summed E-state index contributed by atoms with van der Waals surface area (Å²) >= 11 is 3.52. The van der Waals surface area contributed by atoms with Gasteiger partial charge in [0.1, 0.15) is 5.69 Å². The van der Waals surface area contributed by atoms with Crippen molar-refractivity contribution in [1.82, 2.24) is 15.2 Å². The lowest BCUT2D eigenvalue weighted by atomic mass is 10.2. The van der Waals surface area contributed by atoms with E-state index in [4.69, 9.17) is 0 Å². The SMILES string of the molecule is Cc1ccc(Nc2ccnc(C(=O)NCCN(C)C)c2)cc1Br. The van der Waals surface area contributed by atoms with Crippen molar-refractivity contribution in [3.05, 3.63) is 52.3 Å². The van der Waals surface area contributed by atoms with Crippen LogP contribution in [0.2, 0.25) is 0 Å². The molecule has 1 aromatic carbocycles. The number of rotatable bonds is 6. The molecule has 0 saturated carbocycles. The highest BCUT2D eigenvalue weighted by atomic mass is 79.9. The average Bonchev–Trinajstić information content (AvgIpc) is 2.51. The van der Waals surface area contributed by atoms with Crippen molar-refractivity contribution in [2.45, 2.75) is 6.92 Å². The third kappa shape index (κ3) is 5.33. The monoisotopic (exact) mass is 376 g/mol. The van der Waals surface area contributed by atoms with E-state index >= 15 is 0 Å². The van der Waals surface area contributed by atoms with Gasteiger partial charge in [0.2, 0.25) is 0 Å². The first-order valence-electron chi connectivity index (χ1n) is 7.38. The highest BCUT2D eigenvalue weighted by Gasteiger charge is 2.08. The number of aromatic nitrogens is 1. The molecule has 0 fully saturated rings. The molecule has 0 aliphatic heterocycles. The number of carbonyl (C=O) groups excluding carboxylic acids is 1. The number of benzene rings is 1. The fourth-order valence-electron chi connectivity index (χ4n) is 1.95. The number of hydrogen-bond donors (Lipinski definition) is 2. The molecule has 0 radical (unpaired) electrons. The molecule has 0 aliphatic rings. The first kappa shape index (κ1) is 17.4. The number of pyridine rings is 1. The molecule has 0 spiro atoms. The number of halogens is 1. The standard InChI is InChI=1S/C17H21BrN4O/c1-12-4-5-13(10-15(12)18)21-14-6-7-19-16(11-14)17(23)20-8-9-22(2)3/h4-7,10-11H,8-9H2,1-3H3,(H,19,21)(H,20,23). The normalized spacial score (nSPS) is 10.7. The minimum absolute atomic E-state index is 0.166. The van der Waals surface area contributed by atoms with Crippen LogP contribution in [-0.4, -0.2) is 43.0 Å². The second kappa shape index (κ2) is 8.08. The van der Waals surface area contributed by atoms with E-state index in [0.717, 1.165) is 22.4 Å². The number of nitrogens with zero attached hydrogens (tertiary/aromatic N) is 2. The van der Waals surface area contributed by atoms with Crippen LogP contribution in [0.5, 0.6) is 0 Å². The molecule has 23 heavy (non-hydrogen) atoms. The van der Waals surface area contributed by atoms with Gasteiger partial charge < -0.3 is 15.5 Å². The maximum Gasteiger partial charge on any atom is 0.269 e. The Hall–Kier alpha value is -1.92. The van der Waals surface area contributed by atoms with Crippen molar-refractivity contribution in [3.63, 3.8) is 0 Å². The Morgan fingerprint density at radius 1 is 1.22 bits per heavy atom. The lowest BCUT2D eigenvalue weighted by Crippen LogP contribution is -2.31. The Balaban J connectivity index is 2.04. The van der Waals surface area contributed by atoms with Crippen molar-refractivity contribution in [3.8, 4) is 0 Å². The zero-order chi connectivity index (χ0) is 16.8. The van der Waals surface area contributed by atoms with Crippen molar-refractivity contribution in [1.29, 1.82) is 0 Å². The molecule has 5 nitrogen and oxygen atoms in total. The highest BCUT2D eigenvalue weighted by molar-refractivity contribution is 9.10. The van der Waals surface area contributed by atoms with E-state index in [0.29, 0.717) is 12.2 Å². The van der Waals surface area contributed by atoms with E-state index in [9.17, 15) is 4.79 Å². The van der Waals surface area contributed by atoms with Crippen LogP contribution in [0.3, 0.4) is 0 Å². The zero-order valence-corrected chi connectivity index (χ0v) is 15.1. The van der Waals surface area contributed by atoms with Crippen molar-refractivity contribution in [2.75, 3.05) is 32.5 Å². The molecular formula is C17H21BrN4O. The number of carbonyl (C=O) groups is 1. The molecule has 2 N–H and O–H groups in total. The van der Waals surface area contributed by atoms with E-state index in [1.165, 1.54) is 5.56 Å². The van der Waals surface area contributed by atoms with E-state index in [2.05, 4.69) is 31.5 Å². The van der Waals surface area contributed by atoms with Gasteiger partial charge in [-0.2, -0.15) is 0 Å². The van der Waals surface area contributed by atoms with Gasteiger partial charge in [0.15, 0.2) is 0 Å². The number of anilines is 2. The third-order valence-corrected chi connectivity index (χ3v) is 4.15. The molecule has 0 atom stereocenters. The highest BCUT2D eigenvalue weighted by Crippen LogP contribution is 2.23. The van der Waals surface area contributed by atoms with Gasteiger partial charge in [0, 0.05) is 35.1 Å². The molecule has 122 valence electrons. The number of hydrogen-bond acceptors (Lipinski definition) is 4. The molecule has 6 heteroatoms. The smallest absolute Gasteiger partial charge is 0.269 e. The largest absolute Gasteiger partial charge is 0.355 e. The van der Waals surface area contributed by atoms with Gasteiger partial charge >= 0.3 is 0 Å². The van der Waals surface area contributed by atoms with E-state index < -0.39 is 0 Å². The van der Waals surface area contributed by atoms with E-state index in [1.807, 2.05) is 50.2 Å². The van der Waals surface area contributed by atoms with Crippen LogP contribution < -0.4 is 10.6 Å². The molecule has 1 amide bonds. The van der Waals surface area contributed by atoms with Crippen molar-refractivity contribution < 1.29 is 4.79 Å². The fourth-order valence-corrected chi connectivity index (χ4v) is 2.33. The van der Waals surface area contributed by atoms with Crippen molar-refractivity contribution >= 4 is 33.2 Å². The Morgan fingerprint density at radius 3 is 2.65 bits per heavy atom. The average molecular weight is 377 g/mol. The molecule has 0 saturated heterocycles. The summed E-state index contributed by atoms with van der Waals surface area (Å²) in [5.41, 5.74) is 3.35. The summed E-state index contributed by atoms with van der Waals surface area (Å²) in [6.07, 6.45) is 1.63. The Bertz CT molecular complexity index is 688.